The van der Waals surface area contributed by atoms with E-state index in [4.69, 9.17) is 0 Å². The fraction of sp³-hybridized carbons (Fsp3) is 0.640. The number of hydrogen-bond acceptors (Lipinski definition) is 6. The van der Waals surface area contributed by atoms with Crippen LogP contribution in [-0.4, -0.2) is 56.7 Å². The van der Waals surface area contributed by atoms with Crippen LogP contribution in [-0.2, 0) is 13.0 Å². The van der Waals surface area contributed by atoms with Crippen molar-refractivity contribution in [2.45, 2.75) is 70.8 Å². The molecule has 1 amide bonds. The van der Waals surface area contributed by atoms with Crippen LogP contribution in [0.3, 0.4) is 0 Å². The highest BCUT2D eigenvalue weighted by molar-refractivity contribution is 5.96. The van der Waals surface area contributed by atoms with Gasteiger partial charge >= 0.3 is 0 Å². The molecule has 0 bridgehead atoms. The molecule has 1 aromatic carbocycles. The first-order valence-corrected chi connectivity index (χ1v) is 12.8. The number of aryl methyl sites for hydroxylation is 1. The van der Waals surface area contributed by atoms with Gasteiger partial charge in [0.05, 0.1) is 4.92 Å². The monoisotopic (exact) mass is 466 g/mol. The second kappa shape index (κ2) is 9.72. The number of carbonyl (C=O) groups excluding carboxylic acids is 1. The maximum Gasteiger partial charge on any atom is 0.293 e. The molecule has 2 unspecified atom stereocenters. The molecule has 0 saturated carbocycles. The molecule has 0 spiro atoms. The van der Waals surface area contributed by atoms with Crippen LogP contribution in [0.1, 0.15) is 79.8 Å². The molecule has 0 N–H and O–H groups in total. The van der Waals surface area contributed by atoms with Crippen LogP contribution in [0, 0.1) is 16.0 Å². The molecule has 2 saturated heterocycles. The molecule has 2 aromatic rings. The molecule has 3 aliphatic rings. The molecule has 34 heavy (non-hydrogen) atoms. The number of nitrogens with zero attached hydrogens (tertiary/aromatic N) is 6. The molecule has 3 aliphatic heterocycles. The van der Waals surface area contributed by atoms with Gasteiger partial charge in [0, 0.05) is 56.7 Å². The fourth-order valence-electron chi connectivity index (χ4n) is 5.84. The third-order valence-electron chi connectivity index (χ3n) is 7.63. The number of carbonyl (C=O) groups is 1. The molecule has 2 fully saturated rings. The van der Waals surface area contributed by atoms with E-state index in [1.54, 1.807) is 12.1 Å². The SMILES string of the molecule is CC1CCCN(c2ccc(C(=O)N3CCCC(c4nnc5n4CCCCC5)C3)cc2[N+](=O)[O-])C1. The van der Waals surface area contributed by atoms with E-state index in [0.717, 1.165) is 76.2 Å². The second-order valence-corrected chi connectivity index (χ2v) is 10.2. The number of aromatic nitrogens is 3. The van der Waals surface area contributed by atoms with Gasteiger partial charge in [-0.15, -0.1) is 10.2 Å². The fourth-order valence-corrected chi connectivity index (χ4v) is 5.84. The van der Waals surface area contributed by atoms with Gasteiger partial charge in [-0.25, -0.2) is 0 Å². The average Bonchev–Trinajstić information content (AvgIpc) is 3.11. The van der Waals surface area contributed by atoms with Gasteiger partial charge in [0.25, 0.3) is 11.6 Å². The standard InChI is InChI=1S/C25H34N6O3/c1-18-7-5-12-28(16-18)21-11-10-19(15-22(21)31(33)34)25(32)29-13-6-8-20(17-29)24-27-26-23-9-3-2-4-14-30(23)24/h10-11,15,18,20H,2-9,12-14,16-17H2,1H3. The Morgan fingerprint density at radius 1 is 1.03 bits per heavy atom. The minimum atomic E-state index is -0.351. The Balaban J connectivity index is 1.35. The maximum absolute atomic E-state index is 13.4. The number of hydrogen-bond donors (Lipinski definition) is 0. The number of piperidine rings is 2. The molecule has 0 radical (unpaired) electrons. The van der Waals surface area contributed by atoms with Crippen molar-refractivity contribution in [3.05, 3.63) is 45.5 Å². The molecular formula is C25H34N6O3. The zero-order valence-electron chi connectivity index (χ0n) is 20.0. The summed E-state index contributed by atoms with van der Waals surface area (Å²) in [6.07, 6.45) is 8.51. The zero-order chi connectivity index (χ0) is 23.7. The Hall–Kier alpha value is -2.97. The van der Waals surface area contributed by atoms with Crippen LogP contribution in [0.25, 0.3) is 0 Å². The summed E-state index contributed by atoms with van der Waals surface area (Å²) in [5.41, 5.74) is 1.04. The van der Waals surface area contributed by atoms with Gasteiger partial charge < -0.3 is 14.4 Å². The van der Waals surface area contributed by atoms with Crippen LogP contribution in [0.5, 0.6) is 0 Å². The summed E-state index contributed by atoms with van der Waals surface area (Å²) < 4.78 is 2.27. The van der Waals surface area contributed by atoms with E-state index < -0.39 is 0 Å². The van der Waals surface area contributed by atoms with Crippen molar-refractivity contribution in [3.63, 3.8) is 0 Å². The van der Waals surface area contributed by atoms with Crippen LogP contribution in [0.4, 0.5) is 11.4 Å². The van der Waals surface area contributed by atoms with Gasteiger partial charge in [0.15, 0.2) is 0 Å². The third-order valence-corrected chi connectivity index (χ3v) is 7.63. The van der Waals surface area contributed by atoms with E-state index in [-0.39, 0.29) is 22.4 Å². The number of amides is 1. The third kappa shape index (κ3) is 4.52. The van der Waals surface area contributed by atoms with Crippen molar-refractivity contribution in [2.75, 3.05) is 31.1 Å². The quantitative estimate of drug-likeness (QED) is 0.496. The van der Waals surface area contributed by atoms with E-state index in [0.29, 0.717) is 30.3 Å². The predicted molar refractivity (Wildman–Crippen MR) is 129 cm³/mol. The normalized spacial score (nSPS) is 23.3. The van der Waals surface area contributed by atoms with Crippen LogP contribution in [0.15, 0.2) is 18.2 Å². The lowest BCUT2D eigenvalue weighted by molar-refractivity contribution is -0.384. The number of likely N-dealkylation sites (tertiary alicyclic amines) is 1. The van der Waals surface area contributed by atoms with Crippen molar-refractivity contribution in [2.24, 2.45) is 5.92 Å². The smallest absolute Gasteiger partial charge is 0.293 e. The van der Waals surface area contributed by atoms with Crippen molar-refractivity contribution in [3.8, 4) is 0 Å². The molecule has 0 aliphatic carbocycles. The van der Waals surface area contributed by atoms with Gasteiger partial charge in [-0.1, -0.05) is 13.3 Å². The molecule has 9 nitrogen and oxygen atoms in total. The first-order chi connectivity index (χ1) is 16.5. The summed E-state index contributed by atoms with van der Waals surface area (Å²) in [5, 5.41) is 20.9. The molecule has 4 heterocycles. The molecule has 182 valence electrons. The molecule has 5 rings (SSSR count). The van der Waals surface area contributed by atoms with Crippen molar-refractivity contribution < 1.29 is 9.72 Å². The lowest BCUT2D eigenvalue weighted by Crippen LogP contribution is -2.40. The van der Waals surface area contributed by atoms with Crippen molar-refractivity contribution >= 4 is 17.3 Å². The first kappa shape index (κ1) is 22.8. The van der Waals surface area contributed by atoms with Gasteiger partial charge in [-0.05, 0) is 56.6 Å². The Kier molecular flexibility index (Phi) is 6.52. The van der Waals surface area contributed by atoms with Crippen molar-refractivity contribution in [1.82, 2.24) is 19.7 Å². The first-order valence-electron chi connectivity index (χ1n) is 12.8. The van der Waals surface area contributed by atoms with E-state index in [2.05, 4.69) is 26.6 Å². The van der Waals surface area contributed by atoms with Crippen LogP contribution in [0.2, 0.25) is 0 Å². The lowest BCUT2D eigenvalue weighted by atomic mass is 9.96. The summed E-state index contributed by atoms with van der Waals surface area (Å²) >= 11 is 0. The van der Waals surface area contributed by atoms with Gasteiger partial charge in [-0.3, -0.25) is 14.9 Å². The molecular weight excluding hydrogens is 432 g/mol. The number of fused-ring (bicyclic) bond motifs is 1. The van der Waals surface area contributed by atoms with Crippen molar-refractivity contribution in [1.29, 1.82) is 0 Å². The molecule has 1 aromatic heterocycles. The van der Waals surface area contributed by atoms with E-state index in [1.165, 1.54) is 12.5 Å². The zero-order valence-corrected chi connectivity index (χ0v) is 20.0. The lowest BCUT2D eigenvalue weighted by Gasteiger charge is -2.33. The van der Waals surface area contributed by atoms with Gasteiger partial charge in [0.2, 0.25) is 0 Å². The molecule has 2 atom stereocenters. The minimum absolute atomic E-state index is 0.0243. The second-order valence-electron chi connectivity index (χ2n) is 10.2. The average molecular weight is 467 g/mol. The molecule has 9 heteroatoms. The highest BCUT2D eigenvalue weighted by atomic mass is 16.6. The summed E-state index contributed by atoms with van der Waals surface area (Å²) in [6, 6.07) is 5.00. The summed E-state index contributed by atoms with van der Waals surface area (Å²) in [7, 11) is 0. The number of anilines is 1. The number of benzene rings is 1. The van der Waals surface area contributed by atoms with E-state index >= 15 is 0 Å². The van der Waals surface area contributed by atoms with Gasteiger partial charge in [0.1, 0.15) is 17.3 Å². The Labute approximate surface area is 200 Å². The largest absolute Gasteiger partial charge is 0.366 e. The number of nitro benzene ring substituents is 1. The Morgan fingerprint density at radius 2 is 1.88 bits per heavy atom. The van der Waals surface area contributed by atoms with E-state index in [1.807, 2.05) is 4.90 Å². The number of nitro groups is 1. The van der Waals surface area contributed by atoms with Crippen LogP contribution < -0.4 is 4.90 Å². The van der Waals surface area contributed by atoms with E-state index in [9.17, 15) is 14.9 Å². The Bertz CT molecular complexity index is 1070. The highest BCUT2D eigenvalue weighted by Crippen LogP contribution is 2.34. The van der Waals surface area contributed by atoms with Gasteiger partial charge in [-0.2, -0.15) is 0 Å². The highest BCUT2D eigenvalue weighted by Gasteiger charge is 2.31. The Morgan fingerprint density at radius 3 is 2.71 bits per heavy atom. The van der Waals surface area contributed by atoms with Crippen LogP contribution >= 0.6 is 0 Å². The maximum atomic E-state index is 13.4. The summed E-state index contributed by atoms with van der Waals surface area (Å²) in [6.45, 7) is 5.99. The summed E-state index contributed by atoms with van der Waals surface area (Å²) in [4.78, 5) is 28.9. The predicted octanol–water partition coefficient (Wildman–Crippen LogP) is 4.17. The topological polar surface area (TPSA) is 97.4 Å². The summed E-state index contributed by atoms with van der Waals surface area (Å²) in [5.74, 6) is 2.58. The number of rotatable bonds is 4. The minimum Gasteiger partial charge on any atom is -0.366 e.